The number of aliphatic hydroxyl groups excluding tert-OH is 2. The second-order valence-corrected chi connectivity index (χ2v) is 8.92. The molecule has 0 amide bonds. The van der Waals surface area contributed by atoms with E-state index in [1.54, 1.807) is 0 Å². The summed E-state index contributed by atoms with van der Waals surface area (Å²) in [5.74, 6) is 0. The summed E-state index contributed by atoms with van der Waals surface area (Å²) in [7, 11) is -2.68. The van der Waals surface area contributed by atoms with Crippen molar-refractivity contribution in [2.24, 2.45) is 0 Å². The summed E-state index contributed by atoms with van der Waals surface area (Å²) in [5, 5.41) is 20.6. The largest absolute Gasteiger partial charge is 0.387 e. The lowest BCUT2D eigenvalue weighted by atomic mass is 9.99. The van der Waals surface area contributed by atoms with Gasteiger partial charge in [0, 0.05) is 18.0 Å². The van der Waals surface area contributed by atoms with Gasteiger partial charge in [0.15, 0.2) is 6.23 Å². The van der Waals surface area contributed by atoms with Gasteiger partial charge in [-0.15, -0.1) is 0 Å². The van der Waals surface area contributed by atoms with E-state index in [1.807, 2.05) is 25.1 Å². The predicted molar refractivity (Wildman–Crippen MR) is 123 cm³/mol. The van der Waals surface area contributed by atoms with Crippen LogP contribution in [0.2, 0.25) is 0 Å². The van der Waals surface area contributed by atoms with Gasteiger partial charge < -0.3 is 29.3 Å². The van der Waals surface area contributed by atoms with Crippen molar-refractivity contribution in [3.63, 3.8) is 0 Å². The zero-order chi connectivity index (χ0) is 24.4. The fourth-order valence-electron chi connectivity index (χ4n) is 4.08. The lowest BCUT2D eigenvalue weighted by Gasteiger charge is -2.19. The second-order valence-electron chi connectivity index (χ2n) is 8.15. The average Bonchev–Trinajstić information content (AvgIpc) is 3.09. The standard InChI is InChI=1S/C22H26N3O8P/c1-13-9-15(14-5-3-2-4-6-14)10-16(23-13)11-25-18(26)7-8-24(22(25)29)21-20(28)19(27)17(33-21)12-32-34(30)31/h3,5-10,17,19-21,27-28,30-31H,2,4,11-12H2,1H3. The molecule has 1 aliphatic heterocycles. The first kappa shape index (κ1) is 24.6. The van der Waals surface area contributed by atoms with Crippen LogP contribution in [0, 0.1) is 6.92 Å². The van der Waals surface area contributed by atoms with Gasteiger partial charge >= 0.3 is 14.3 Å². The molecule has 1 saturated heterocycles. The van der Waals surface area contributed by atoms with Crippen molar-refractivity contribution in [3.05, 3.63) is 80.4 Å². The van der Waals surface area contributed by atoms with Crippen LogP contribution in [0.5, 0.6) is 0 Å². The van der Waals surface area contributed by atoms with Crippen LogP contribution in [0.1, 0.15) is 36.0 Å². The van der Waals surface area contributed by atoms with E-state index in [0.29, 0.717) is 5.69 Å². The highest BCUT2D eigenvalue weighted by molar-refractivity contribution is 7.39. The summed E-state index contributed by atoms with van der Waals surface area (Å²) < 4.78 is 12.2. The van der Waals surface area contributed by atoms with Crippen molar-refractivity contribution in [1.29, 1.82) is 0 Å². The van der Waals surface area contributed by atoms with E-state index in [2.05, 4.69) is 21.7 Å². The first-order valence-electron chi connectivity index (χ1n) is 10.7. The van der Waals surface area contributed by atoms with Gasteiger partial charge in [0.1, 0.15) is 18.3 Å². The molecule has 2 aliphatic rings. The maximum absolute atomic E-state index is 13.2. The first-order chi connectivity index (χ1) is 16.2. The molecule has 182 valence electrons. The first-order valence-corrected chi connectivity index (χ1v) is 11.9. The number of hydrogen-bond donors (Lipinski definition) is 4. The fourth-order valence-corrected chi connectivity index (χ4v) is 4.36. The van der Waals surface area contributed by atoms with Crippen LogP contribution in [-0.2, 0) is 15.8 Å². The van der Waals surface area contributed by atoms with Crippen LogP contribution in [0.15, 0.2) is 52.2 Å². The van der Waals surface area contributed by atoms with Crippen LogP contribution in [0.25, 0.3) is 5.57 Å². The maximum Gasteiger partial charge on any atom is 0.333 e. The highest BCUT2D eigenvalue weighted by Gasteiger charge is 2.44. The molecule has 2 aromatic heterocycles. The van der Waals surface area contributed by atoms with E-state index >= 15 is 0 Å². The zero-order valence-corrected chi connectivity index (χ0v) is 19.3. The Morgan fingerprint density at radius 3 is 2.71 bits per heavy atom. The Labute approximate surface area is 195 Å². The van der Waals surface area contributed by atoms with Gasteiger partial charge in [-0.3, -0.25) is 18.9 Å². The van der Waals surface area contributed by atoms with Crippen molar-refractivity contribution < 1.29 is 29.3 Å². The molecule has 4 N–H and O–H groups in total. The highest BCUT2D eigenvalue weighted by Crippen LogP contribution is 2.32. The number of pyridine rings is 1. The van der Waals surface area contributed by atoms with E-state index in [1.165, 1.54) is 6.20 Å². The molecule has 4 rings (SSSR count). The van der Waals surface area contributed by atoms with E-state index in [0.717, 1.165) is 44.9 Å². The smallest absolute Gasteiger partial charge is 0.333 e. The number of rotatable bonds is 7. The molecule has 12 heteroatoms. The Morgan fingerprint density at radius 2 is 2.00 bits per heavy atom. The Hall–Kier alpha value is -2.50. The van der Waals surface area contributed by atoms with Crippen molar-refractivity contribution in [1.82, 2.24) is 14.1 Å². The Bertz CT molecular complexity index is 1220. The van der Waals surface area contributed by atoms with Crippen LogP contribution in [0.3, 0.4) is 0 Å². The van der Waals surface area contributed by atoms with Gasteiger partial charge in [0.05, 0.1) is 18.8 Å². The van der Waals surface area contributed by atoms with E-state index in [-0.39, 0.29) is 6.54 Å². The number of nitrogens with zero attached hydrogens (tertiary/aromatic N) is 3. The average molecular weight is 491 g/mol. The third-order valence-corrected chi connectivity index (χ3v) is 6.10. The second kappa shape index (κ2) is 10.4. The monoisotopic (exact) mass is 491 g/mol. The molecule has 4 atom stereocenters. The van der Waals surface area contributed by atoms with Gasteiger partial charge in [0.2, 0.25) is 0 Å². The van der Waals surface area contributed by atoms with Crippen molar-refractivity contribution in [2.75, 3.05) is 6.61 Å². The summed E-state index contributed by atoms with van der Waals surface area (Å²) in [4.78, 5) is 48.0. The molecule has 0 saturated carbocycles. The van der Waals surface area contributed by atoms with E-state index < -0.39 is 51.0 Å². The zero-order valence-electron chi connectivity index (χ0n) is 18.4. The number of allylic oxidation sites excluding steroid dienone is 4. The number of aliphatic hydroxyl groups is 2. The number of ether oxygens (including phenoxy) is 1. The molecule has 11 nitrogen and oxygen atoms in total. The quantitative estimate of drug-likeness (QED) is 0.401. The molecule has 0 radical (unpaired) electrons. The summed E-state index contributed by atoms with van der Waals surface area (Å²) in [6, 6.07) is 4.93. The van der Waals surface area contributed by atoms with Gasteiger partial charge in [-0.25, -0.2) is 4.79 Å². The normalized spacial score (nSPS) is 24.6. The van der Waals surface area contributed by atoms with E-state index in [4.69, 9.17) is 14.5 Å². The molecular formula is C22H26N3O8P. The topological polar surface area (TPSA) is 156 Å². The summed E-state index contributed by atoms with van der Waals surface area (Å²) in [6.07, 6.45) is 4.00. The third kappa shape index (κ3) is 5.26. The highest BCUT2D eigenvalue weighted by atomic mass is 31.2. The summed E-state index contributed by atoms with van der Waals surface area (Å²) in [5.41, 5.74) is 1.95. The minimum atomic E-state index is -2.68. The van der Waals surface area contributed by atoms with Crippen LogP contribution in [0.4, 0.5) is 0 Å². The van der Waals surface area contributed by atoms with Gasteiger partial charge in [0.25, 0.3) is 5.56 Å². The van der Waals surface area contributed by atoms with Gasteiger partial charge in [-0.05, 0) is 43.0 Å². The lowest BCUT2D eigenvalue weighted by Crippen LogP contribution is -2.43. The Kier molecular flexibility index (Phi) is 7.54. The van der Waals surface area contributed by atoms with Crippen molar-refractivity contribution in [2.45, 2.75) is 50.8 Å². The van der Waals surface area contributed by atoms with Crippen molar-refractivity contribution in [3.8, 4) is 0 Å². The minimum Gasteiger partial charge on any atom is -0.387 e. The Balaban J connectivity index is 1.63. The van der Waals surface area contributed by atoms with Crippen LogP contribution < -0.4 is 11.2 Å². The molecule has 1 fully saturated rings. The molecule has 1 aliphatic carbocycles. The minimum absolute atomic E-state index is 0.0958. The SMILES string of the molecule is Cc1cc(C2=CCCC=C2)cc(Cn2c(=O)ccn(C3OC(COP(O)O)C(O)C3O)c2=O)n1. The number of hydrogen-bond acceptors (Lipinski definition) is 9. The number of aromatic nitrogens is 3. The van der Waals surface area contributed by atoms with Crippen molar-refractivity contribution >= 4 is 14.2 Å². The van der Waals surface area contributed by atoms with E-state index in [9.17, 15) is 19.8 Å². The van der Waals surface area contributed by atoms with Crippen LogP contribution in [-0.4, -0.2) is 59.0 Å². The predicted octanol–water partition coefficient (Wildman–Crippen LogP) is 0.342. The molecule has 4 unspecified atom stereocenters. The van der Waals surface area contributed by atoms with Gasteiger partial charge in [-0.2, -0.15) is 0 Å². The lowest BCUT2D eigenvalue weighted by molar-refractivity contribution is -0.0531. The maximum atomic E-state index is 13.2. The molecular weight excluding hydrogens is 465 g/mol. The Morgan fingerprint density at radius 1 is 1.21 bits per heavy atom. The molecule has 0 bridgehead atoms. The van der Waals surface area contributed by atoms with Gasteiger partial charge in [-0.1, -0.05) is 18.2 Å². The molecule has 34 heavy (non-hydrogen) atoms. The molecule has 0 aromatic carbocycles. The van der Waals surface area contributed by atoms with Crippen LogP contribution >= 0.6 is 8.60 Å². The molecule has 2 aromatic rings. The summed E-state index contributed by atoms with van der Waals surface area (Å²) >= 11 is 0. The fraction of sp³-hybridized carbons (Fsp3) is 0.409. The number of aryl methyl sites for hydroxylation is 1. The molecule has 3 heterocycles. The third-order valence-electron chi connectivity index (χ3n) is 5.72. The summed E-state index contributed by atoms with van der Waals surface area (Å²) in [6.45, 7) is 1.34. The molecule has 0 spiro atoms.